The van der Waals surface area contributed by atoms with Gasteiger partial charge in [-0.15, -0.1) is 10.2 Å². The smallest absolute Gasteiger partial charge is 0.248 e. The summed E-state index contributed by atoms with van der Waals surface area (Å²) in [7, 11) is 0. The molecule has 0 fully saturated rings. The maximum Gasteiger partial charge on any atom is 0.248 e. The summed E-state index contributed by atoms with van der Waals surface area (Å²) < 4.78 is 5.93. The molecule has 0 radical (unpaired) electrons. The van der Waals surface area contributed by atoms with Gasteiger partial charge in [-0.1, -0.05) is 99.6 Å². The van der Waals surface area contributed by atoms with Gasteiger partial charge in [0.1, 0.15) is 0 Å². The van der Waals surface area contributed by atoms with E-state index in [4.69, 9.17) is 4.42 Å². The van der Waals surface area contributed by atoms with Crippen LogP contribution < -0.4 is 0 Å². The van der Waals surface area contributed by atoms with E-state index >= 15 is 0 Å². The van der Waals surface area contributed by atoms with E-state index in [-0.39, 0.29) is 5.41 Å². The van der Waals surface area contributed by atoms with Crippen LogP contribution in [0.5, 0.6) is 0 Å². The van der Waals surface area contributed by atoms with Gasteiger partial charge in [0.25, 0.3) is 0 Å². The quantitative estimate of drug-likeness (QED) is 0.442. The first-order chi connectivity index (χ1) is 14.4. The van der Waals surface area contributed by atoms with Gasteiger partial charge in [-0.3, -0.25) is 0 Å². The molecule has 0 N–H and O–H groups in total. The molecular formula is C27H46N2O. The fourth-order valence-electron chi connectivity index (χ4n) is 2.60. The van der Waals surface area contributed by atoms with Crippen molar-refractivity contribution in [1.29, 1.82) is 0 Å². The standard InChI is InChI=1S/C21H28N2O.3C2H6/c1-7-10-16(11-8-2)19-22-23-20(24-19)18-13-12-17(14-15(18)4)21(5,6)9-3;3*1-2/h7,10-14H,8-9H2,1-6H3;3*1-2H3/b10-7-,16-11+;;;. The average Bonchev–Trinajstić information content (AvgIpc) is 3.27. The second kappa shape index (κ2) is 16.6. The molecule has 1 heterocycles. The summed E-state index contributed by atoms with van der Waals surface area (Å²) in [5, 5.41) is 8.48. The molecule has 0 amide bonds. The highest BCUT2D eigenvalue weighted by molar-refractivity contribution is 5.69. The highest BCUT2D eigenvalue weighted by Crippen LogP contribution is 2.31. The molecule has 0 bridgehead atoms. The number of hydrogen-bond acceptors (Lipinski definition) is 3. The Bertz CT molecular complexity index is 752. The van der Waals surface area contributed by atoms with Crippen LogP contribution >= 0.6 is 0 Å². The van der Waals surface area contributed by atoms with Crippen LogP contribution in [-0.2, 0) is 5.41 Å². The maximum atomic E-state index is 5.93. The molecule has 0 saturated carbocycles. The Hall–Kier alpha value is -2.16. The SMILES string of the molecule is C/C=C\C(=C/CC)c1nnc(-c2ccc(C(C)(C)CC)cc2C)o1.CC.CC.CC. The molecule has 0 spiro atoms. The number of rotatable bonds is 6. The first-order valence-corrected chi connectivity index (χ1v) is 11.7. The topological polar surface area (TPSA) is 38.9 Å². The molecule has 1 aromatic heterocycles. The van der Waals surface area contributed by atoms with Crippen molar-refractivity contribution >= 4 is 5.57 Å². The predicted octanol–water partition coefficient (Wildman–Crippen LogP) is 9.18. The second-order valence-electron chi connectivity index (χ2n) is 6.75. The van der Waals surface area contributed by atoms with Gasteiger partial charge in [-0.05, 0) is 49.3 Å². The van der Waals surface area contributed by atoms with Crippen LogP contribution in [0.4, 0.5) is 0 Å². The molecular weight excluding hydrogens is 368 g/mol. The minimum atomic E-state index is 0.173. The summed E-state index contributed by atoms with van der Waals surface area (Å²) in [6, 6.07) is 6.50. The molecule has 0 aliphatic heterocycles. The first kappa shape index (κ1) is 30.0. The summed E-state index contributed by atoms with van der Waals surface area (Å²) in [4.78, 5) is 0. The van der Waals surface area contributed by atoms with Crippen molar-refractivity contribution in [3.63, 3.8) is 0 Å². The number of allylic oxidation sites excluding steroid dienone is 4. The molecule has 0 saturated heterocycles. The molecule has 3 nitrogen and oxygen atoms in total. The van der Waals surface area contributed by atoms with E-state index in [0.717, 1.165) is 29.5 Å². The molecule has 170 valence electrons. The summed E-state index contributed by atoms with van der Waals surface area (Å²) >= 11 is 0. The highest BCUT2D eigenvalue weighted by atomic mass is 16.4. The van der Waals surface area contributed by atoms with Crippen molar-refractivity contribution in [2.45, 2.75) is 101 Å². The van der Waals surface area contributed by atoms with E-state index in [2.05, 4.69) is 69.1 Å². The van der Waals surface area contributed by atoms with Crippen molar-refractivity contribution < 1.29 is 4.42 Å². The lowest BCUT2D eigenvalue weighted by molar-refractivity contribution is 0.505. The Morgan fingerprint density at radius 2 is 1.60 bits per heavy atom. The third-order valence-corrected chi connectivity index (χ3v) is 4.56. The van der Waals surface area contributed by atoms with Crippen molar-refractivity contribution in [3.05, 3.63) is 53.4 Å². The third-order valence-electron chi connectivity index (χ3n) is 4.56. The summed E-state index contributed by atoms with van der Waals surface area (Å²) in [6.07, 6.45) is 8.11. The summed E-state index contributed by atoms with van der Waals surface area (Å²) in [5.74, 6) is 1.15. The number of aromatic nitrogens is 2. The summed E-state index contributed by atoms with van der Waals surface area (Å²) in [6.45, 7) is 24.9. The normalized spacial score (nSPS) is 11.0. The van der Waals surface area contributed by atoms with Crippen molar-refractivity contribution in [2.24, 2.45) is 0 Å². The van der Waals surface area contributed by atoms with Crippen molar-refractivity contribution in [2.75, 3.05) is 0 Å². The van der Waals surface area contributed by atoms with Crippen LogP contribution in [0, 0.1) is 6.92 Å². The van der Waals surface area contributed by atoms with Gasteiger partial charge < -0.3 is 4.42 Å². The van der Waals surface area contributed by atoms with E-state index in [1.807, 2.05) is 60.6 Å². The molecule has 0 unspecified atom stereocenters. The van der Waals surface area contributed by atoms with Crippen LogP contribution in [-0.4, -0.2) is 10.2 Å². The van der Waals surface area contributed by atoms with Crippen LogP contribution in [0.2, 0.25) is 0 Å². The maximum absolute atomic E-state index is 5.93. The zero-order valence-corrected chi connectivity index (χ0v) is 21.7. The van der Waals surface area contributed by atoms with Crippen molar-refractivity contribution in [1.82, 2.24) is 10.2 Å². The van der Waals surface area contributed by atoms with Gasteiger partial charge in [-0.25, -0.2) is 0 Å². The van der Waals surface area contributed by atoms with E-state index < -0.39 is 0 Å². The van der Waals surface area contributed by atoms with Gasteiger partial charge in [-0.2, -0.15) is 0 Å². The molecule has 2 aromatic rings. The lowest BCUT2D eigenvalue weighted by Gasteiger charge is -2.24. The molecule has 1 aromatic carbocycles. The number of aryl methyl sites for hydroxylation is 1. The zero-order chi connectivity index (χ0) is 23.7. The molecule has 0 aliphatic carbocycles. The Morgan fingerprint density at radius 1 is 1.00 bits per heavy atom. The monoisotopic (exact) mass is 414 g/mol. The van der Waals surface area contributed by atoms with Crippen molar-refractivity contribution in [3.8, 4) is 11.5 Å². The Morgan fingerprint density at radius 3 is 2.07 bits per heavy atom. The van der Waals surface area contributed by atoms with Gasteiger partial charge >= 0.3 is 0 Å². The minimum absolute atomic E-state index is 0.173. The number of benzene rings is 1. The zero-order valence-electron chi connectivity index (χ0n) is 21.7. The minimum Gasteiger partial charge on any atom is -0.416 e. The van der Waals surface area contributed by atoms with E-state index in [1.54, 1.807) is 0 Å². The molecule has 3 heteroatoms. The van der Waals surface area contributed by atoms with Gasteiger partial charge in [0.05, 0.1) is 0 Å². The number of hydrogen-bond donors (Lipinski definition) is 0. The fraction of sp³-hybridized carbons (Fsp3) is 0.556. The molecule has 0 atom stereocenters. The lowest BCUT2D eigenvalue weighted by atomic mass is 9.81. The first-order valence-electron chi connectivity index (χ1n) is 11.7. The molecule has 30 heavy (non-hydrogen) atoms. The Balaban J connectivity index is 0. The van der Waals surface area contributed by atoms with E-state index in [1.165, 1.54) is 5.56 Å². The fourth-order valence-corrected chi connectivity index (χ4v) is 2.60. The average molecular weight is 415 g/mol. The van der Waals surface area contributed by atoms with Crippen LogP contribution in [0.3, 0.4) is 0 Å². The van der Waals surface area contributed by atoms with E-state index in [9.17, 15) is 0 Å². The molecule has 2 rings (SSSR count). The Labute approximate surface area is 186 Å². The predicted molar refractivity (Wildman–Crippen MR) is 135 cm³/mol. The third kappa shape index (κ3) is 8.69. The van der Waals surface area contributed by atoms with Gasteiger partial charge in [0.2, 0.25) is 11.8 Å². The van der Waals surface area contributed by atoms with Gasteiger partial charge in [0, 0.05) is 11.1 Å². The second-order valence-corrected chi connectivity index (χ2v) is 6.75. The summed E-state index contributed by atoms with van der Waals surface area (Å²) in [5.41, 5.74) is 4.65. The van der Waals surface area contributed by atoms with E-state index in [0.29, 0.717) is 11.8 Å². The lowest BCUT2D eigenvalue weighted by Crippen LogP contribution is -2.15. The molecule has 0 aliphatic rings. The largest absolute Gasteiger partial charge is 0.416 e. The van der Waals surface area contributed by atoms with Crippen LogP contribution in [0.1, 0.15) is 106 Å². The van der Waals surface area contributed by atoms with Crippen LogP contribution in [0.15, 0.2) is 40.8 Å². The van der Waals surface area contributed by atoms with Crippen LogP contribution in [0.25, 0.3) is 17.0 Å². The van der Waals surface area contributed by atoms with Gasteiger partial charge in [0.15, 0.2) is 0 Å². The number of nitrogens with zero attached hydrogens (tertiary/aromatic N) is 2. The highest BCUT2D eigenvalue weighted by Gasteiger charge is 2.20. The Kier molecular flexibility index (Phi) is 16.6.